The Bertz CT molecular complexity index is 744. The molecule has 1 aliphatic carbocycles. The maximum Gasteiger partial charge on any atom is 0.254 e. The van der Waals surface area contributed by atoms with Crippen LogP contribution in [0.4, 0.5) is 4.39 Å². The molecule has 0 atom stereocenters. The van der Waals surface area contributed by atoms with Crippen LogP contribution in [-0.4, -0.2) is 23.7 Å². The second kappa shape index (κ2) is 8.00. The van der Waals surface area contributed by atoms with Crippen LogP contribution in [0.2, 0.25) is 0 Å². The summed E-state index contributed by atoms with van der Waals surface area (Å²) in [7, 11) is 0. The molecule has 3 nitrogen and oxygen atoms in total. The van der Waals surface area contributed by atoms with E-state index >= 15 is 0 Å². The fourth-order valence-electron chi connectivity index (χ4n) is 3.69. The van der Waals surface area contributed by atoms with E-state index in [1.807, 2.05) is 12.3 Å². The fraction of sp³-hybridized carbons (Fsp3) is 0.400. The van der Waals surface area contributed by atoms with Crippen LogP contribution in [0.1, 0.15) is 48.0 Å². The fourth-order valence-corrected chi connectivity index (χ4v) is 4.23. The molecule has 0 spiro atoms. The number of aromatic nitrogens is 1. The highest BCUT2D eigenvalue weighted by Crippen LogP contribution is 2.39. The van der Waals surface area contributed by atoms with Crippen molar-refractivity contribution in [3.63, 3.8) is 0 Å². The number of nitrogens with one attached hydrogen (secondary N) is 1. The van der Waals surface area contributed by atoms with Crippen LogP contribution in [0.15, 0.2) is 47.6 Å². The van der Waals surface area contributed by atoms with Crippen LogP contribution >= 0.6 is 11.8 Å². The van der Waals surface area contributed by atoms with Gasteiger partial charge in [-0.1, -0.05) is 31.4 Å². The molecule has 5 heteroatoms. The minimum atomic E-state index is -0.217. The SMILES string of the molecule is CSc1ncccc1C(=O)NCC1(c2cccc(F)c2)CCCCC1. The van der Waals surface area contributed by atoms with Crippen LogP contribution in [0.25, 0.3) is 0 Å². The van der Waals surface area contributed by atoms with Gasteiger partial charge in [-0.3, -0.25) is 4.79 Å². The molecular formula is C20H23FN2OS. The summed E-state index contributed by atoms with van der Waals surface area (Å²) in [6.07, 6.45) is 8.96. The molecule has 1 N–H and O–H groups in total. The summed E-state index contributed by atoms with van der Waals surface area (Å²) in [6.45, 7) is 0.526. The minimum absolute atomic E-state index is 0.112. The Labute approximate surface area is 152 Å². The lowest BCUT2D eigenvalue weighted by Gasteiger charge is -2.38. The van der Waals surface area contributed by atoms with E-state index in [2.05, 4.69) is 10.3 Å². The summed E-state index contributed by atoms with van der Waals surface area (Å²) in [5, 5.41) is 3.81. The van der Waals surface area contributed by atoms with Crippen LogP contribution in [0.5, 0.6) is 0 Å². The van der Waals surface area contributed by atoms with Gasteiger partial charge in [0.1, 0.15) is 10.8 Å². The number of carbonyl (C=O) groups is 1. The topological polar surface area (TPSA) is 42.0 Å². The number of benzene rings is 1. The molecule has 0 radical (unpaired) electrons. The Hall–Kier alpha value is -1.88. The first-order valence-corrected chi connectivity index (χ1v) is 9.90. The van der Waals surface area contributed by atoms with Gasteiger partial charge in [0.2, 0.25) is 0 Å². The zero-order chi connectivity index (χ0) is 17.7. The highest BCUT2D eigenvalue weighted by molar-refractivity contribution is 7.98. The molecule has 0 aliphatic heterocycles. The molecule has 0 bridgehead atoms. The molecule has 0 unspecified atom stereocenters. The van der Waals surface area contributed by atoms with Gasteiger partial charge in [0.25, 0.3) is 5.91 Å². The molecule has 1 aliphatic rings. The summed E-state index contributed by atoms with van der Waals surface area (Å²) in [5.41, 5.74) is 1.40. The van der Waals surface area contributed by atoms with E-state index < -0.39 is 0 Å². The lowest BCUT2D eigenvalue weighted by Crippen LogP contribution is -2.42. The molecule has 132 valence electrons. The van der Waals surface area contributed by atoms with E-state index in [0.29, 0.717) is 12.1 Å². The quantitative estimate of drug-likeness (QED) is 0.796. The van der Waals surface area contributed by atoms with Crippen LogP contribution in [0.3, 0.4) is 0 Å². The van der Waals surface area contributed by atoms with E-state index in [0.717, 1.165) is 36.3 Å². The highest BCUT2D eigenvalue weighted by atomic mass is 32.2. The minimum Gasteiger partial charge on any atom is -0.351 e. The molecule has 25 heavy (non-hydrogen) atoms. The van der Waals surface area contributed by atoms with Crippen molar-refractivity contribution in [1.29, 1.82) is 0 Å². The van der Waals surface area contributed by atoms with E-state index in [1.165, 1.54) is 24.2 Å². The van der Waals surface area contributed by atoms with Gasteiger partial charge in [0.05, 0.1) is 5.56 Å². The Kier molecular flexibility index (Phi) is 5.74. The van der Waals surface area contributed by atoms with Gasteiger partial charge in [-0.25, -0.2) is 9.37 Å². The molecule has 1 saturated carbocycles. The maximum absolute atomic E-state index is 13.8. The summed E-state index contributed by atoms with van der Waals surface area (Å²) >= 11 is 1.46. The Morgan fingerprint density at radius 3 is 2.76 bits per heavy atom. The van der Waals surface area contributed by atoms with Gasteiger partial charge < -0.3 is 5.32 Å². The second-order valence-electron chi connectivity index (χ2n) is 6.59. The first-order valence-electron chi connectivity index (χ1n) is 8.68. The number of carbonyl (C=O) groups excluding carboxylic acids is 1. The van der Waals surface area contributed by atoms with E-state index in [-0.39, 0.29) is 17.1 Å². The molecule has 3 rings (SSSR count). The van der Waals surface area contributed by atoms with E-state index in [9.17, 15) is 9.18 Å². The van der Waals surface area contributed by atoms with Gasteiger partial charge in [0, 0.05) is 18.2 Å². The smallest absolute Gasteiger partial charge is 0.254 e. The van der Waals surface area contributed by atoms with Crippen molar-refractivity contribution in [2.24, 2.45) is 0 Å². The van der Waals surface area contributed by atoms with Crippen LogP contribution in [0, 0.1) is 5.82 Å². The lowest BCUT2D eigenvalue weighted by atomic mass is 9.69. The van der Waals surface area contributed by atoms with Crippen molar-refractivity contribution >= 4 is 17.7 Å². The van der Waals surface area contributed by atoms with Crippen molar-refractivity contribution in [2.75, 3.05) is 12.8 Å². The first kappa shape index (κ1) is 17.9. The summed E-state index contributed by atoms with van der Waals surface area (Å²) in [5.74, 6) is -0.329. The molecule has 1 aromatic carbocycles. The zero-order valence-corrected chi connectivity index (χ0v) is 15.2. The molecule has 1 heterocycles. The van der Waals surface area contributed by atoms with Crippen LogP contribution < -0.4 is 5.32 Å². The molecule has 0 saturated heterocycles. The number of rotatable bonds is 5. The van der Waals surface area contributed by atoms with Crippen LogP contribution in [-0.2, 0) is 5.41 Å². The van der Waals surface area contributed by atoms with Crippen molar-refractivity contribution in [2.45, 2.75) is 42.5 Å². The Balaban J connectivity index is 1.81. The first-order chi connectivity index (χ1) is 12.1. The third kappa shape index (κ3) is 4.03. The normalized spacial score (nSPS) is 16.4. The number of thioether (sulfide) groups is 1. The summed E-state index contributed by atoms with van der Waals surface area (Å²) in [4.78, 5) is 16.9. The number of halogens is 1. The molecule has 1 fully saturated rings. The third-order valence-electron chi connectivity index (χ3n) is 5.04. The molecular weight excluding hydrogens is 335 g/mol. The van der Waals surface area contributed by atoms with Gasteiger partial charge in [-0.2, -0.15) is 0 Å². The number of pyridine rings is 1. The summed E-state index contributed by atoms with van der Waals surface area (Å²) in [6, 6.07) is 10.4. The number of hydrogen-bond donors (Lipinski definition) is 1. The lowest BCUT2D eigenvalue weighted by molar-refractivity contribution is 0.0933. The van der Waals surface area contributed by atoms with Gasteiger partial charge in [-0.15, -0.1) is 11.8 Å². The average molecular weight is 358 g/mol. The standard InChI is InChI=1S/C20H23FN2OS/c1-25-19-17(9-6-12-22-19)18(24)23-14-20(10-3-2-4-11-20)15-7-5-8-16(21)13-15/h5-9,12-13H,2-4,10-11,14H2,1H3,(H,23,24). The maximum atomic E-state index is 13.8. The van der Waals surface area contributed by atoms with Crippen molar-refractivity contribution < 1.29 is 9.18 Å². The van der Waals surface area contributed by atoms with Crippen molar-refractivity contribution in [3.8, 4) is 0 Å². The van der Waals surface area contributed by atoms with Gasteiger partial charge in [-0.05, 0) is 48.9 Å². The Morgan fingerprint density at radius 2 is 2.04 bits per heavy atom. The predicted molar refractivity (Wildman–Crippen MR) is 99.5 cm³/mol. The number of nitrogens with zero attached hydrogens (tertiary/aromatic N) is 1. The monoisotopic (exact) mass is 358 g/mol. The largest absolute Gasteiger partial charge is 0.351 e. The molecule has 1 amide bonds. The molecule has 2 aromatic rings. The predicted octanol–water partition coefficient (Wildman–Crippen LogP) is 4.57. The zero-order valence-electron chi connectivity index (χ0n) is 14.4. The van der Waals surface area contributed by atoms with E-state index in [1.54, 1.807) is 30.5 Å². The highest BCUT2D eigenvalue weighted by Gasteiger charge is 2.34. The Morgan fingerprint density at radius 1 is 1.24 bits per heavy atom. The van der Waals surface area contributed by atoms with Crippen molar-refractivity contribution in [1.82, 2.24) is 10.3 Å². The van der Waals surface area contributed by atoms with Gasteiger partial charge >= 0.3 is 0 Å². The number of amides is 1. The molecule has 1 aromatic heterocycles. The average Bonchev–Trinajstić information content (AvgIpc) is 2.67. The summed E-state index contributed by atoms with van der Waals surface area (Å²) < 4.78 is 13.8. The second-order valence-corrected chi connectivity index (χ2v) is 7.39. The van der Waals surface area contributed by atoms with E-state index in [4.69, 9.17) is 0 Å². The van der Waals surface area contributed by atoms with Gasteiger partial charge in [0.15, 0.2) is 0 Å². The third-order valence-corrected chi connectivity index (χ3v) is 5.76. The number of hydrogen-bond acceptors (Lipinski definition) is 3. The van der Waals surface area contributed by atoms with Crippen molar-refractivity contribution in [3.05, 3.63) is 59.5 Å².